The summed E-state index contributed by atoms with van der Waals surface area (Å²) in [7, 11) is 0. The number of para-hydroxylation sites is 4. The highest BCUT2D eigenvalue weighted by atomic mass is 19.1. The molecule has 0 aliphatic carbocycles. The monoisotopic (exact) mass is 1920 g/mol. The number of aryl methyl sites for hydroxylation is 8. The molecule has 24 aromatic carbocycles. The van der Waals surface area contributed by atoms with E-state index in [0.717, 1.165) is 255 Å². The number of hydrogen-bond acceptors (Lipinski definition) is 4. The second-order valence-electron chi connectivity index (χ2n) is 39.7. The molecule has 0 N–H and O–H groups in total. The molecule has 148 heavy (non-hydrogen) atoms. The van der Waals surface area contributed by atoms with Gasteiger partial charge in [-0.15, -0.1) is 0 Å². The Hall–Kier alpha value is -17.7. The van der Waals surface area contributed by atoms with Gasteiger partial charge in [-0.05, 0) is 381 Å². The number of anilines is 12. The Balaban J connectivity index is 0.000000163. The largest absolute Gasteiger partial charge is 0.307 e. The molecule has 0 spiro atoms. The van der Waals surface area contributed by atoms with Gasteiger partial charge < -0.3 is 19.6 Å². The van der Waals surface area contributed by atoms with Crippen LogP contribution in [0.3, 0.4) is 0 Å². The lowest BCUT2D eigenvalue weighted by atomic mass is 9.87. The molecule has 716 valence electrons. The average Bonchev–Trinajstić information content (AvgIpc) is 0.713. The third-order valence-corrected chi connectivity index (χ3v) is 30.6. The van der Waals surface area contributed by atoms with Crippen LogP contribution in [0.2, 0.25) is 0 Å². The van der Waals surface area contributed by atoms with Crippen molar-refractivity contribution in [3.63, 3.8) is 0 Å². The van der Waals surface area contributed by atoms with Gasteiger partial charge in [0, 0.05) is 44.3 Å². The van der Waals surface area contributed by atoms with Crippen LogP contribution in [0, 0.1) is 106 Å². The number of hydrogen-bond donors (Lipinski definition) is 0. The zero-order chi connectivity index (χ0) is 102. The molecule has 4 nitrogen and oxygen atoms in total. The van der Waals surface area contributed by atoms with Crippen LogP contribution < -0.4 is 19.6 Å². The zero-order valence-corrected chi connectivity index (χ0v) is 84.9. The Morgan fingerprint density at radius 3 is 0.561 bits per heavy atom. The highest BCUT2D eigenvalue weighted by molar-refractivity contribution is 6.30. The van der Waals surface area contributed by atoms with E-state index >= 15 is 17.6 Å². The van der Waals surface area contributed by atoms with Crippen LogP contribution in [0.1, 0.15) is 66.8 Å². The van der Waals surface area contributed by atoms with Gasteiger partial charge in [-0.3, -0.25) is 0 Å². The molecule has 0 saturated heterocycles. The molecule has 0 fully saturated rings. The van der Waals surface area contributed by atoms with Gasteiger partial charge in [-0.2, -0.15) is 0 Å². The van der Waals surface area contributed by atoms with Crippen LogP contribution >= 0.6 is 0 Å². The molecule has 0 bridgehead atoms. The fourth-order valence-corrected chi connectivity index (χ4v) is 22.1. The van der Waals surface area contributed by atoms with Crippen molar-refractivity contribution < 1.29 is 17.6 Å². The molecule has 0 saturated carbocycles. The number of nitrogens with zero attached hydrogens (tertiary/aromatic N) is 4. The maximum Gasteiger partial charge on any atom is 0.147 e. The average molecular weight is 1920 g/mol. The quantitative estimate of drug-likeness (QED) is 0.0557. The molecule has 0 aromatic heterocycles. The van der Waals surface area contributed by atoms with Crippen molar-refractivity contribution in [2.75, 3.05) is 19.6 Å². The van der Waals surface area contributed by atoms with E-state index in [1.54, 1.807) is 24.3 Å². The highest BCUT2D eigenvalue weighted by Gasteiger charge is 2.32. The van der Waals surface area contributed by atoms with Gasteiger partial charge in [-0.25, -0.2) is 17.6 Å². The molecule has 8 heteroatoms. The first-order valence-electron chi connectivity index (χ1n) is 50.7. The van der Waals surface area contributed by atoms with Gasteiger partial charge in [0.25, 0.3) is 0 Å². The summed E-state index contributed by atoms with van der Waals surface area (Å²) in [4.78, 5) is 8.29. The normalized spacial score (nSPS) is 11.5. The van der Waals surface area contributed by atoms with E-state index < -0.39 is 0 Å². The van der Waals surface area contributed by atoms with Crippen LogP contribution in [-0.4, -0.2) is 0 Å². The Labute approximate surface area is 863 Å². The minimum absolute atomic E-state index is 0.328. The van der Waals surface area contributed by atoms with Crippen molar-refractivity contribution in [1.82, 2.24) is 0 Å². The number of benzene rings is 24. The standard InChI is InChI=1S/C72H58F2N2.C68H50F2N2/c1-43-19-15-27-55(47(43)5)61-39-65(73)69(41-63(61)57-29-17-21-45(3)49(57)7)75(53-23-11-9-12-24-53)67-37-33-51-32-36-60-68(38-34-52-31-35-59(67)71(51)72(52)60)76(54-25-13-10-14-26-54)70-42-64(58-30-18-22-46(4)50(58)8)62(40-66(70)74)56-28-16-20-44(2)48(56)6;1-43-15-23-47(24-16-43)57-39-61(69)65(41-59(57)49-27-19-45(3)20-28-49)71(53-11-7-5-8-12-53)63-37-33-51-32-36-56-64(38-34-52-31-35-55(63)67(51)68(52)56)72(54-13-9-6-10-14-54)66-42-60(50-29-21-46(4)22-30-50)58(40-62(66)70)48-25-17-44(2)18-26-48/h9-42H,1-8H3;5-42H,1-4H3. The first kappa shape index (κ1) is 93.9. The van der Waals surface area contributed by atoms with Crippen molar-refractivity contribution in [2.45, 2.75) is 83.1 Å². The first-order chi connectivity index (χ1) is 72.0. The Morgan fingerprint density at radius 2 is 0.338 bits per heavy atom. The Morgan fingerprint density at radius 1 is 0.149 bits per heavy atom. The molecule has 0 aliphatic heterocycles. The van der Waals surface area contributed by atoms with Gasteiger partial charge in [0.15, 0.2) is 0 Å². The van der Waals surface area contributed by atoms with Gasteiger partial charge in [-0.1, -0.05) is 338 Å². The maximum atomic E-state index is 17.8. The van der Waals surface area contributed by atoms with E-state index in [0.29, 0.717) is 22.7 Å². The van der Waals surface area contributed by atoms with Gasteiger partial charge in [0.05, 0.1) is 45.5 Å². The summed E-state index contributed by atoms with van der Waals surface area (Å²) in [6.45, 7) is 25.3. The Kier molecular flexibility index (Phi) is 24.6. The Bertz CT molecular complexity index is 8710. The van der Waals surface area contributed by atoms with Gasteiger partial charge >= 0.3 is 0 Å². The fourth-order valence-electron chi connectivity index (χ4n) is 22.1. The van der Waals surface area contributed by atoms with Crippen molar-refractivity contribution in [3.8, 4) is 89.0 Å². The van der Waals surface area contributed by atoms with E-state index in [4.69, 9.17) is 0 Å². The molecule has 0 radical (unpaired) electrons. The van der Waals surface area contributed by atoms with Crippen LogP contribution in [0.15, 0.2) is 437 Å². The molecule has 0 amide bonds. The zero-order valence-electron chi connectivity index (χ0n) is 84.9. The number of rotatable bonds is 20. The summed E-state index contributed by atoms with van der Waals surface area (Å²) in [5.74, 6) is -1.33. The lowest BCUT2D eigenvalue weighted by molar-refractivity contribution is 0.629. The van der Waals surface area contributed by atoms with Gasteiger partial charge in [0.2, 0.25) is 0 Å². The first-order valence-corrected chi connectivity index (χ1v) is 50.7. The summed E-state index contributed by atoms with van der Waals surface area (Å²) >= 11 is 0. The second kappa shape index (κ2) is 38.8. The summed E-state index contributed by atoms with van der Waals surface area (Å²) in [6, 6.07) is 149. The molecule has 0 atom stereocenters. The fraction of sp³-hybridized carbons (Fsp3) is 0.0857. The lowest BCUT2D eigenvalue weighted by Crippen LogP contribution is -2.14. The summed E-state index contributed by atoms with van der Waals surface area (Å²) in [5.41, 5.74) is 37.4. The van der Waals surface area contributed by atoms with Crippen LogP contribution in [0.4, 0.5) is 85.8 Å². The van der Waals surface area contributed by atoms with Crippen LogP contribution in [0.5, 0.6) is 0 Å². The summed E-state index contributed by atoms with van der Waals surface area (Å²) < 4.78 is 70.6. The van der Waals surface area contributed by atoms with Crippen molar-refractivity contribution in [2.24, 2.45) is 0 Å². The van der Waals surface area contributed by atoms with Crippen molar-refractivity contribution >= 4 is 133 Å². The molecule has 24 rings (SSSR count). The highest BCUT2D eigenvalue weighted by Crippen LogP contribution is 2.56. The molecular weight excluding hydrogens is 1810 g/mol. The summed E-state index contributed by atoms with van der Waals surface area (Å²) in [5, 5.41) is 12.3. The molecule has 0 aliphatic rings. The topological polar surface area (TPSA) is 13.0 Å². The number of halogens is 4. The predicted molar refractivity (Wildman–Crippen MR) is 619 cm³/mol. The van der Waals surface area contributed by atoms with E-state index in [2.05, 4.69) is 406 Å². The van der Waals surface area contributed by atoms with Crippen LogP contribution in [0.25, 0.3) is 154 Å². The predicted octanol–water partition coefficient (Wildman–Crippen LogP) is 40.6. The third kappa shape index (κ3) is 16.9. The van der Waals surface area contributed by atoms with Crippen molar-refractivity contribution in [3.05, 3.63) is 527 Å². The van der Waals surface area contributed by atoms with E-state index in [1.807, 2.05) is 109 Å². The maximum absolute atomic E-state index is 17.8. The second-order valence-corrected chi connectivity index (χ2v) is 39.7. The van der Waals surface area contributed by atoms with E-state index in [9.17, 15) is 0 Å². The molecule has 24 aromatic rings. The van der Waals surface area contributed by atoms with Gasteiger partial charge in [0.1, 0.15) is 23.3 Å². The summed E-state index contributed by atoms with van der Waals surface area (Å²) in [6.07, 6.45) is 0. The SMILES string of the molecule is Cc1ccc(-c2cc(F)c(N(c3ccccc3)c3ccc4ccc5c(N(c6ccccc6)c6cc(-c7ccc(C)cc7)c(-c7ccc(C)cc7)cc6F)ccc6ccc3c4c65)cc2-c2ccc(C)cc2)cc1.Cc1cccc(-c2cc(F)c(N(c3ccccc3)c3ccc4ccc5c(N(c6ccccc6)c6cc(-c7cccc(C)c7C)c(-c7cccc(C)c7C)cc6F)ccc6ccc3c4c65)cc2-c2cccc(C)c2C)c1C. The minimum Gasteiger partial charge on any atom is -0.307 e. The van der Waals surface area contributed by atoms with E-state index in [-0.39, 0.29) is 23.3 Å². The van der Waals surface area contributed by atoms with Crippen molar-refractivity contribution in [1.29, 1.82) is 0 Å². The third-order valence-electron chi connectivity index (χ3n) is 30.6. The van der Waals surface area contributed by atoms with E-state index in [1.165, 1.54) is 11.1 Å². The molecular formula is C140H108F4N4. The molecule has 0 unspecified atom stereocenters. The molecule has 0 heterocycles. The van der Waals surface area contributed by atoms with Crippen LogP contribution in [-0.2, 0) is 0 Å². The minimum atomic E-state index is -0.336. The smallest absolute Gasteiger partial charge is 0.147 e. The lowest BCUT2D eigenvalue weighted by Gasteiger charge is -2.30.